The molecule has 6 rings (SSSR count). The Hall–Kier alpha value is -4.63. The van der Waals surface area contributed by atoms with Crippen LogP contribution in [0.3, 0.4) is 0 Å². The van der Waals surface area contributed by atoms with E-state index in [1.165, 1.54) is 0 Å². The number of ether oxygens (including phenoxy) is 1. The van der Waals surface area contributed by atoms with E-state index in [1.807, 2.05) is 48.5 Å². The molecule has 1 fully saturated rings. The molecule has 0 saturated heterocycles. The first kappa shape index (κ1) is 26.6. The fourth-order valence-corrected chi connectivity index (χ4v) is 7.01. The molecular weight excluding hydrogens is 524 g/mol. The van der Waals surface area contributed by atoms with E-state index in [2.05, 4.69) is 0 Å². The van der Waals surface area contributed by atoms with Crippen LogP contribution in [0.15, 0.2) is 65.4 Å². The fourth-order valence-electron chi connectivity index (χ4n) is 7.01. The zero-order valence-corrected chi connectivity index (χ0v) is 22.8. The fraction of sp³-hybridized carbons (Fsp3) is 0.281. The molecule has 0 aromatic heterocycles. The topological polar surface area (TPSA) is 150 Å². The molecule has 0 aliphatic heterocycles. The molecule has 9 nitrogen and oxygen atoms in total. The average molecular weight is 555 g/mol. The molecule has 3 aromatic rings. The Labute approximate surface area is 236 Å². The molecule has 1 saturated carbocycles. The number of phenols is 1. The monoisotopic (exact) mass is 554 g/mol. The number of methoxy groups -OCH3 is 1. The Kier molecular flexibility index (Phi) is 6.15. The Morgan fingerprint density at radius 1 is 1.00 bits per heavy atom. The SMILES string of the molecule is COc1cccc(-c2ccc3cc4c(c(O)c3c2)C(O)=C2C(=O)C3C(=O)C(C(N)=O)=C(O)[C@@H](N(C)C)C3C[C@@H]2C4)c1. The predicted molar refractivity (Wildman–Crippen MR) is 152 cm³/mol. The van der Waals surface area contributed by atoms with Crippen molar-refractivity contribution in [1.29, 1.82) is 0 Å². The van der Waals surface area contributed by atoms with E-state index in [0.29, 0.717) is 29.5 Å². The van der Waals surface area contributed by atoms with Crippen LogP contribution in [0.1, 0.15) is 17.5 Å². The number of hydrogen-bond donors (Lipinski definition) is 4. The van der Waals surface area contributed by atoms with Crippen molar-refractivity contribution in [1.82, 2.24) is 4.90 Å². The average Bonchev–Trinajstić information content (AvgIpc) is 2.92. The lowest BCUT2D eigenvalue weighted by molar-refractivity contribution is -0.136. The second kappa shape index (κ2) is 9.49. The van der Waals surface area contributed by atoms with Crippen molar-refractivity contribution in [3.05, 3.63) is 76.6 Å². The van der Waals surface area contributed by atoms with E-state index in [-0.39, 0.29) is 22.6 Å². The summed E-state index contributed by atoms with van der Waals surface area (Å²) in [5.74, 6) is -5.13. The van der Waals surface area contributed by atoms with Crippen LogP contribution in [0, 0.1) is 17.8 Å². The van der Waals surface area contributed by atoms with E-state index in [9.17, 15) is 29.7 Å². The minimum Gasteiger partial charge on any atom is -0.510 e. The zero-order chi connectivity index (χ0) is 29.3. The summed E-state index contributed by atoms with van der Waals surface area (Å²) in [6, 6.07) is 14.3. The third kappa shape index (κ3) is 3.91. The number of Topliss-reactive ketones (excluding diaryl/α,β-unsaturated/α-hetero) is 2. The summed E-state index contributed by atoms with van der Waals surface area (Å²) in [5, 5.41) is 35.1. The van der Waals surface area contributed by atoms with E-state index in [0.717, 1.165) is 16.5 Å². The highest BCUT2D eigenvalue weighted by atomic mass is 16.5. The normalized spacial score (nSPS) is 23.9. The van der Waals surface area contributed by atoms with Crippen LogP contribution in [-0.4, -0.2) is 64.9 Å². The van der Waals surface area contributed by atoms with Gasteiger partial charge in [0.05, 0.1) is 24.6 Å². The van der Waals surface area contributed by atoms with Crippen molar-refractivity contribution in [3.63, 3.8) is 0 Å². The quantitative estimate of drug-likeness (QED) is 0.282. The summed E-state index contributed by atoms with van der Waals surface area (Å²) >= 11 is 0. The number of aliphatic hydroxyl groups is 2. The van der Waals surface area contributed by atoms with Crippen molar-refractivity contribution >= 4 is 34.0 Å². The molecule has 0 bridgehead atoms. The largest absolute Gasteiger partial charge is 0.510 e. The van der Waals surface area contributed by atoms with Gasteiger partial charge in [0.2, 0.25) is 0 Å². The number of fused-ring (bicyclic) bond motifs is 4. The standard InChI is InChI=1S/C32H30N2O7/c1-34(2)26-21-13-18-10-17-9-16-8-7-15(14-5-4-6-19(11-14)41-3)12-20(16)27(35)22(17)28(36)23(18)29(37)24(21)30(38)25(31(26)39)32(33)40/h4-9,11-12,18,21,24,26,35-36,39H,10,13H2,1-3H3,(H2,33,40)/t18-,21?,24?,26-/m0/s1. The summed E-state index contributed by atoms with van der Waals surface area (Å²) in [4.78, 5) is 41.1. The molecule has 0 spiro atoms. The van der Waals surface area contributed by atoms with Crippen LogP contribution in [-0.2, 0) is 20.8 Å². The van der Waals surface area contributed by atoms with E-state index < -0.39 is 52.6 Å². The van der Waals surface area contributed by atoms with Gasteiger partial charge >= 0.3 is 0 Å². The summed E-state index contributed by atoms with van der Waals surface area (Å²) in [5.41, 5.74) is 7.48. The lowest BCUT2D eigenvalue weighted by atomic mass is 9.59. The second-order valence-electron chi connectivity index (χ2n) is 11.2. The minimum absolute atomic E-state index is 0.0633. The molecule has 3 aliphatic rings. The Morgan fingerprint density at radius 2 is 1.73 bits per heavy atom. The third-order valence-electron chi connectivity index (χ3n) is 8.77. The van der Waals surface area contributed by atoms with E-state index in [4.69, 9.17) is 10.5 Å². The number of carbonyl (C=O) groups is 3. The lowest BCUT2D eigenvalue weighted by Gasteiger charge is -2.46. The number of carbonyl (C=O) groups excluding carboxylic acids is 3. The van der Waals surface area contributed by atoms with Gasteiger partial charge in [0.15, 0.2) is 11.6 Å². The summed E-state index contributed by atoms with van der Waals surface area (Å²) in [6.07, 6.45) is 0.666. The molecule has 2 unspecified atom stereocenters. The molecular formula is C32H30N2O7. The van der Waals surface area contributed by atoms with Crippen molar-refractivity contribution < 1.29 is 34.4 Å². The van der Waals surface area contributed by atoms with Gasteiger partial charge in [-0.3, -0.25) is 19.3 Å². The molecule has 3 aromatic carbocycles. The summed E-state index contributed by atoms with van der Waals surface area (Å²) in [6.45, 7) is 0. The third-order valence-corrected chi connectivity index (χ3v) is 8.77. The van der Waals surface area contributed by atoms with Gasteiger partial charge in [0, 0.05) is 11.0 Å². The van der Waals surface area contributed by atoms with Crippen molar-refractivity contribution in [2.45, 2.75) is 18.9 Å². The van der Waals surface area contributed by atoms with Crippen LogP contribution in [0.25, 0.3) is 27.7 Å². The molecule has 3 aliphatic carbocycles. The van der Waals surface area contributed by atoms with Gasteiger partial charge in [-0.05, 0) is 79.0 Å². The van der Waals surface area contributed by atoms with Crippen LogP contribution < -0.4 is 10.5 Å². The summed E-state index contributed by atoms with van der Waals surface area (Å²) in [7, 11) is 4.98. The first-order chi connectivity index (χ1) is 19.5. The van der Waals surface area contributed by atoms with Gasteiger partial charge in [-0.2, -0.15) is 0 Å². The second-order valence-corrected chi connectivity index (χ2v) is 11.2. The first-order valence-electron chi connectivity index (χ1n) is 13.4. The number of aliphatic hydroxyl groups excluding tert-OH is 2. The number of allylic oxidation sites excluding steroid dienone is 1. The number of amides is 1. The van der Waals surface area contributed by atoms with E-state index in [1.54, 1.807) is 26.1 Å². The molecule has 1 amide bonds. The highest BCUT2D eigenvalue weighted by molar-refractivity contribution is 6.28. The number of rotatable bonds is 4. The maximum Gasteiger partial charge on any atom is 0.255 e. The maximum absolute atomic E-state index is 13.9. The van der Waals surface area contributed by atoms with Gasteiger partial charge in [-0.15, -0.1) is 0 Å². The van der Waals surface area contributed by atoms with Gasteiger partial charge in [-0.1, -0.05) is 30.3 Å². The Morgan fingerprint density at radius 3 is 2.41 bits per heavy atom. The number of phenolic OH excluding ortho intramolecular Hbond substituents is 1. The van der Waals surface area contributed by atoms with Crippen molar-refractivity contribution in [3.8, 4) is 22.6 Å². The number of aromatic hydroxyl groups is 1. The van der Waals surface area contributed by atoms with Gasteiger partial charge in [-0.25, -0.2) is 0 Å². The molecule has 5 N–H and O–H groups in total. The molecule has 210 valence electrons. The first-order valence-corrected chi connectivity index (χ1v) is 13.4. The minimum atomic E-state index is -1.28. The molecule has 0 heterocycles. The van der Waals surface area contributed by atoms with Crippen LogP contribution in [0.2, 0.25) is 0 Å². The molecule has 9 heteroatoms. The van der Waals surface area contributed by atoms with Gasteiger partial charge in [0.25, 0.3) is 5.91 Å². The maximum atomic E-state index is 13.9. The van der Waals surface area contributed by atoms with Crippen molar-refractivity contribution in [2.24, 2.45) is 23.5 Å². The van der Waals surface area contributed by atoms with E-state index >= 15 is 0 Å². The van der Waals surface area contributed by atoms with Gasteiger partial charge in [0.1, 0.15) is 28.6 Å². The van der Waals surface area contributed by atoms with Crippen molar-refractivity contribution in [2.75, 3.05) is 21.2 Å². The van der Waals surface area contributed by atoms with Crippen LogP contribution in [0.4, 0.5) is 0 Å². The van der Waals surface area contributed by atoms with Crippen LogP contribution in [0.5, 0.6) is 11.5 Å². The van der Waals surface area contributed by atoms with Gasteiger partial charge < -0.3 is 25.8 Å². The number of primary amides is 1. The number of likely N-dealkylation sites (N-methyl/N-ethyl adjacent to an activating group) is 1. The Balaban J connectivity index is 1.48. The number of benzene rings is 3. The number of nitrogens with two attached hydrogens (primary N) is 1. The predicted octanol–water partition coefficient (Wildman–Crippen LogP) is 3.68. The molecule has 41 heavy (non-hydrogen) atoms. The highest BCUT2D eigenvalue weighted by Crippen LogP contribution is 2.51. The van der Waals surface area contributed by atoms with Crippen LogP contribution >= 0.6 is 0 Å². The molecule has 4 atom stereocenters. The zero-order valence-electron chi connectivity index (χ0n) is 22.8. The summed E-state index contributed by atoms with van der Waals surface area (Å²) < 4.78 is 5.34. The number of hydrogen-bond acceptors (Lipinski definition) is 8. The number of ketones is 2. The highest BCUT2D eigenvalue weighted by Gasteiger charge is 2.55. The lowest BCUT2D eigenvalue weighted by Crippen LogP contribution is -2.55. The molecule has 0 radical (unpaired) electrons. The number of nitrogens with zero attached hydrogens (tertiary/aromatic N) is 1. The smallest absolute Gasteiger partial charge is 0.255 e. The Bertz CT molecular complexity index is 1740.